The lowest BCUT2D eigenvalue weighted by Gasteiger charge is -2.35. The first-order chi connectivity index (χ1) is 13.4. The van der Waals surface area contributed by atoms with Crippen LogP contribution in [0.3, 0.4) is 0 Å². The number of nitrogens with one attached hydrogen (secondary N) is 1. The number of nitrogens with zero attached hydrogens (tertiary/aromatic N) is 4. The van der Waals surface area contributed by atoms with Gasteiger partial charge in [-0.25, -0.2) is 9.97 Å². The Morgan fingerprint density at radius 1 is 0.852 bits per heavy atom. The molecule has 27 heavy (non-hydrogen) atoms. The summed E-state index contributed by atoms with van der Waals surface area (Å²) in [5, 5.41) is 1.16. The summed E-state index contributed by atoms with van der Waals surface area (Å²) in [5.74, 6) is 1.03. The number of aromatic amines is 1. The lowest BCUT2D eigenvalue weighted by Crippen LogP contribution is -2.47. The summed E-state index contributed by atoms with van der Waals surface area (Å²) in [5.41, 5.74) is 4.60. The molecule has 0 atom stereocenters. The van der Waals surface area contributed by atoms with Gasteiger partial charge in [0, 0.05) is 43.6 Å². The van der Waals surface area contributed by atoms with Gasteiger partial charge in [-0.2, -0.15) is 0 Å². The number of H-pyrrole nitrogens is 1. The van der Waals surface area contributed by atoms with E-state index in [1.807, 2.05) is 0 Å². The van der Waals surface area contributed by atoms with Gasteiger partial charge in [0.05, 0.1) is 0 Å². The number of hydrogen-bond acceptors (Lipinski definition) is 4. The number of aromatic nitrogens is 3. The first kappa shape index (κ1) is 16.3. The van der Waals surface area contributed by atoms with Crippen LogP contribution in [-0.2, 0) is 6.42 Å². The van der Waals surface area contributed by atoms with Crippen LogP contribution < -0.4 is 4.90 Å². The average molecular weight is 357 g/mol. The molecule has 1 aliphatic heterocycles. The number of piperazine rings is 1. The van der Waals surface area contributed by atoms with Crippen molar-refractivity contribution in [3.63, 3.8) is 0 Å². The maximum atomic E-state index is 4.61. The molecule has 136 valence electrons. The predicted octanol–water partition coefficient (Wildman–Crippen LogP) is 3.48. The zero-order valence-electron chi connectivity index (χ0n) is 15.3. The highest BCUT2D eigenvalue weighted by molar-refractivity contribution is 6.08. The van der Waals surface area contributed by atoms with Crippen LogP contribution in [0.1, 0.15) is 5.56 Å². The van der Waals surface area contributed by atoms with Crippen LogP contribution >= 0.6 is 0 Å². The number of anilines is 1. The summed E-state index contributed by atoms with van der Waals surface area (Å²) in [7, 11) is 0. The van der Waals surface area contributed by atoms with Gasteiger partial charge < -0.3 is 9.88 Å². The minimum atomic E-state index is 0.996. The third kappa shape index (κ3) is 3.15. The molecule has 0 aliphatic carbocycles. The van der Waals surface area contributed by atoms with Gasteiger partial charge in [0.2, 0.25) is 0 Å². The lowest BCUT2D eigenvalue weighted by atomic mass is 10.1. The molecule has 0 unspecified atom stereocenters. The first-order valence-corrected chi connectivity index (χ1v) is 9.61. The van der Waals surface area contributed by atoms with Gasteiger partial charge in [0.15, 0.2) is 5.82 Å². The molecule has 0 bridgehead atoms. The van der Waals surface area contributed by atoms with Crippen molar-refractivity contribution in [2.45, 2.75) is 6.42 Å². The molecule has 5 nitrogen and oxygen atoms in total. The van der Waals surface area contributed by atoms with Gasteiger partial charge >= 0.3 is 0 Å². The topological polar surface area (TPSA) is 48.1 Å². The Morgan fingerprint density at radius 2 is 1.63 bits per heavy atom. The molecule has 0 spiro atoms. The Hall–Kier alpha value is -2.92. The molecule has 3 heterocycles. The Balaban J connectivity index is 1.31. The van der Waals surface area contributed by atoms with E-state index in [0.29, 0.717) is 0 Å². The van der Waals surface area contributed by atoms with Crippen LogP contribution in [-0.4, -0.2) is 52.6 Å². The molecular weight excluding hydrogens is 334 g/mol. The van der Waals surface area contributed by atoms with Crippen LogP contribution in [0, 0.1) is 0 Å². The van der Waals surface area contributed by atoms with E-state index in [-0.39, 0.29) is 0 Å². The van der Waals surface area contributed by atoms with E-state index >= 15 is 0 Å². The molecule has 2 aromatic heterocycles. The van der Waals surface area contributed by atoms with Crippen molar-refractivity contribution in [3.8, 4) is 0 Å². The minimum Gasteiger partial charge on any atom is -0.352 e. The van der Waals surface area contributed by atoms with Crippen LogP contribution in [0.25, 0.3) is 21.9 Å². The van der Waals surface area contributed by atoms with E-state index in [0.717, 1.165) is 66.9 Å². The van der Waals surface area contributed by atoms with Crippen molar-refractivity contribution in [1.82, 2.24) is 19.9 Å². The summed E-state index contributed by atoms with van der Waals surface area (Å²) in [6, 6.07) is 19.1. The van der Waals surface area contributed by atoms with E-state index in [4.69, 9.17) is 0 Å². The van der Waals surface area contributed by atoms with Crippen molar-refractivity contribution in [2.24, 2.45) is 0 Å². The lowest BCUT2D eigenvalue weighted by molar-refractivity contribution is 0.260. The molecule has 2 aromatic carbocycles. The van der Waals surface area contributed by atoms with Crippen LogP contribution in [0.2, 0.25) is 0 Å². The van der Waals surface area contributed by atoms with Crippen LogP contribution in [0.5, 0.6) is 0 Å². The Labute approximate surface area is 158 Å². The van der Waals surface area contributed by atoms with Crippen molar-refractivity contribution in [3.05, 3.63) is 66.5 Å². The molecule has 1 fully saturated rings. The highest BCUT2D eigenvalue weighted by Gasteiger charge is 2.21. The Morgan fingerprint density at radius 3 is 2.48 bits per heavy atom. The first-order valence-electron chi connectivity index (χ1n) is 9.61. The highest BCUT2D eigenvalue weighted by Crippen LogP contribution is 2.29. The van der Waals surface area contributed by atoms with E-state index in [1.54, 1.807) is 6.33 Å². The zero-order valence-corrected chi connectivity index (χ0v) is 15.3. The fraction of sp³-hybridized carbons (Fsp3) is 0.273. The van der Waals surface area contributed by atoms with E-state index < -0.39 is 0 Å². The minimum absolute atomic E-state index is 0.996. The molecule has 0 amide bonds. The second kappa shape index (κ2) is 7.00. The van der Waals surface area contributed by atoms with E-state index in [2.05, 4.69) is 79.3 Å². The predicted molar refractivity (Wildman–Crippen MR) is 110 cm³/mol. The second-order valence-corrected chi connectivity index (χ2v) is 7.16. The molecule has 1 saturated heterocycles. The van der Waals surface area contributed by atoms with Crippen LogP contribution in [0.4, 0.5) is 5.82 Å². The normalized spacial score (nSPS) is 15.6. The van der Waals surface area contributed by atoms with Crippen LogP contribution in [0.15, 0.2) is 60.9 Å². The van der Waals surface area contributed by atoms with Gasteiger partial charge in [-0.1, -0.05) is 48.5 Å². The van der Waals surface area contributed by atoms with Gasteiger partial charge in [0.1, 0.15) is 17.4 Å². The Kier molecular flexibility index (Phi) is 4.22. The average Bonchev–Trinajstić information content (AvgIpc) is 3.12. The number of fused-ring (bicyclic) bond motifs is 3. The standard InChI is InChI=1S/C22H23N5/c1-2-6-17(7-3-1)10-11-26-12-14-27(15-13-26)22-21-20(23-16-24-22)18-8-4-5-9-19(18)25-21/h1-9,16,25H,10-15H2. The van der Waals surface area contributed by atoms with E-state index in [1.165, 1.54) is 5.56 Å². The largest absolute Gasteiger partial charge is 0.352 e. The van der Waals surface area contributed by atoms with Gasteiger partial charge in [-0.15, -0.1) is 0 Å². The zero-order chi connectivity index (χ0) is 18.1. The quantitative estimate of drug-likeness (QED) is 0.607. The second-order valence-electron chi connectivity index (χ2n) is 7.16. The molecule has 1 aliphatic rings. The number of hydrogen-bond donors (Lipinski definition) is 1. The smallest absolute Gasteiger partial charge is 0.156 e. The molecular formula is C22H23N5. The monoisotopic (exact) mass is 357 g/mol. The van der Waals surface area contributed by atoms with Gasteiger partial charge in [0.25, 0.3) is 0 Å². The van der Waals surface area contributed by atoms with Crippen molar-refractivity contribution in [1.29, 1.82) is 0 Å². The third-order valence-corrected chi connectivity index (χ3v) is 5.50. The molecule has 4 aromatic rings. The number of para-hydroxylation sites is 1. The highest BCUT2D eigenvalue weighted by atomic mass is 15.3. The summed E-state index contributed by atoms with van der Waals surface area (Å²) < 4.78 is 0. The fourth-order valence-electron chi connectivity index (χ4n) is 3.98. The third-order valence-electron chi connectivity index (χ3n) is 5.50. The summed E-state index contributed by atoms with van der Waals surface area (Å²) in [6.45, 7) is 5.24. The Bertz CT molecular complexity index is 1050. The SMILES string of the molecule is c1ccc(CCN2CCN(c3ncnc4c3[nH]c3ccccc34)CC2)cc1. The summed E-state index contributed by atoms with van der Waals surface area (Å²) in [4.78, 5) is 17.6. The van der Waals surface area contributed by atoms with Crippen molar-refractivity contribution < 1.29 is 0 Å². The number of rotatable bonds is 4. The maximum Gasteiger partial charge on any atom is 0.156 e. The van der Waals surface area contributed by atoms with Crippen molar-refractivity contribution in [2.75, 3.05) is 37.6 Å². The van der Waals surface area contributed by atoms with Crippen molar-refractivity contribution >= 4 is 27.8 Å². The van der Waals surface area contributed by atoms with E-state index in [9.17, 15) is 0 Å². The molecule has 1 N–H and O–H groups in total. The molecule has 5 heteroatoms. The maximum absolute atomic E-state index is 4.61. The number of benzene rings is 2. The summed E-state index contributed by atoms with van der Waals surface area (Å²) >= 11 is 0. The molecule has 0 radical (unpaired) electrons. The summed E-state index contributed by atoms with van der Waals surface area (Å²) in [6.07, 6.45) is 2.81. The van der Waals surface area contributed by atoms with Gasteiger partial charge in [-0.3, -0.25) is 4.90 Å². The molecule has 0 saturated carbocycles. The van der Waals surface area contributed by atoms with Gasteiger partial charge in [-0.05, 0) is 18.1 Å². The molecule has 5 rings (SSSR count). The fourth-order valence-corrected chi connectivity index (χ4v) is 3.98.